The van der Waals surface area contributed by atoms with E-state index in [0.29, 0.717) is 6.42 Å². The van der Waals surface area contributed by atoms with Crippen LogP contribution < -0.4 is 4.43 Å². The molecule has 0 aliphatic carbocycles. The molecule has 8 heteroatoms. The lowest BCUT2D eigenvalue weighted by molar-refractivity contribution is -0.160. The molecule has 6 nitrogen and oxygen atoms in total. The smallest absolute Gasteiger partial charge is 0.352 e. The highest BCUT2D eigenvalue weighted by Crippen LogP contribution is 2.48. The van der Waals surface area contributed by atoms with E-state index in [-0.39, 0.29) is 29.7 Å². The number of amides is 1. The Bertz CT molecular complexity index is 936. The third-order valence-electron chi connectivity index (χ3n) is 8.76. The van der Waals surface area contributed by atoms with E-state index in [1.807, 2.05) is 31.2 Å². The molecule has 2 heterocycles. The number of fused-ring (bicyclic) bond motifs is 1. The van der Waals surface area contributed by atoms with Gasteiger partial charge in [-0.25, -0.2) is 4.79 Å². The summed E-state index contributed by atoms with van der Waals surface area (Å²) in [7, 11) is -3.65. The molecule has 0 radical (unpaired) electrons. The van der Waals surface area contributed by atoms with Gasteiger partial charge in [0.2, 0.25) is 14.2 Å². The molecule has 1 N–H and O–H groups in total. The Morgan fingerprint density at radius 3 is 1.94 bits per heavy atom. The zero-order valence-electron chi connectivity index (χ0n) is 22.5. The molecule has 2 aliphatic heterocycles. The van der Waals surface area contributed by atoms with Crippen molar-refractivity contribution < 1.29 is 23.5 Å². The minimum absolute atomic E-state index is 0.120. The van der Waals surface area contributed by atoms with Crippen molar-refractivity contribution in [1.82, 2.24) is 4.90 Å². The molecular weight excluding hydrogens is 474 g/mol. The number of carboxylic acid groups (broad SMARTS) is 1. The molecule has 0 saturated carbocycles. The number of benzene rings is 1. The van der Waals surface area contributed by atoms with Gasteiger partial charge in [-0.05, 0) is 72.9 Å². The Labute approximate surface area is 213 Å². The third kappa shape index (κ3) is 5.02. The molecule has 1 aromatic rings. The SMILES string of the molecule is CC[Si](CC)(CC)Oc1ccc(C2=C(C(=O)O)N3C(=O)[C@H]([C@@H](C)O[Si](CC)(CC)CC)[C@H]3C2)cc1. The Hall–Kier alpha value is -1.91. The van der Waals surface area contributed by atoms with Crippen LogP contribution in [0, 0.1) is 5.92 Å². The fourth-order valence-corrected chi connectivity index (χ4v) is 11.4. The topological polar surface area (TPSA) is 76.1 Å². The molecule has 0 unspecified atom stereocenters. The van der Waals surface area contributed by atoms with Crippen LogP contribution >= 0.6 is 0 Å². The lowest BCUT2D eigenvalue weighted by Crippen LogP contribution is -2.63. The molecule has 3 atom stereocenters. The molecule has 1 fully saturated rings. The van der Waals surface area contributed by atoms with E-state index in [1.54, 1.807) is 0 Å². The van der Waals surface area contributed by atoms with Crippen LogP contribution in [0.1, 0.15) is 60.5 Å². The lowest BCUT2D eigenvalue weighted by Gasteiger charge is -2.47. The molecule has 194 valence electrons. The van der Waals surface area contributed by atoms with E-state index in [9.17, 15) is 14.7 Å². The third-order valence-corrected chi connectivity index (χ3v) is 18.0. The number of carbonyl (C=O) groups is 2. The number of carbonyl (C=O) groups excluding carboxylic acids is 1. The summed E-state index contributed by atoms with van der Waals surface area (Å²) in [6.45, 7) is 15.1. The van der Waals surface area contributed by atoms with Crippen LogP contribution in [-0.4, -0.2) is 50.7 Å². The summed E-state index contributed by atoms with van der Waals surface area (Å²) in [5.41, 5.74) is 1.70. The fourth-order valence-electron chi connectivity index (χ4n) is 5.92. The van der Waals surface area contributed by atoms with Crippen LogP contribution in [0.15, 0.2) is 30.0 Å². The first kappa shape index (κ1) is 27.7. The largest absolute Gasteiger partial charge is 0.544 e. The predicted octanol–water partition coefficient (Wildman–Crippen LogP) is 6.51. The van der Waals surface area contributed by atoms with Gasteiger partial charge in [-0.1, -0.05) is 53.7 Å². The van der Waals surface area contributed by atoms with Crippen molar-refractivity contribution in [3.8, 4) is 5.75 Å². The molecule has 1 amide bonds. The van der Waals surface area contributed by atoms with Crippen molar-refractivity contribution in [3.05, 3.63) is 35.5 Å². The second-order valence-corrected chi connectivity index (χ2v) is 19.5. The zero-order chi connectivity index (χ0) is 26.0. The van der Waals surface area contributed by atoms with Gasteiger partial charge in [-0.2, -0.15) is 0 Å². The van der Waals surface area contributed by atoms with Crippen molar-refractivity contribution in [3.63, 3.8) is 0 Å². The summed E-state index contributed by atoms with van der Waals surface area (Å²) in [5, 5.41) is 10.0. The second-order valence-electron chi connectivity index (χ2n) is 10.1. The van der Waals surface area contributed by atoms with Crippen LogP contribution in [0.5, 0.6) is 5.75 Å². The van der Waals surface area contributed by atoms with E-state index in [4.69, 9.17) is 8.85 Å². The van der Waals surface area contributed by atoms with Crippen molar-refractivity contribution >= 4 is 34.1 Å². The van der Waals surface area contributed by atoms with E-state index < -0.39 is 22.6 Å². The molecule has 1 aromatic carbocycles. The maximum absolute atomic E-state index is 13.2. The summed E-state index contributed by atoms with van der Waals surface area (Å²) in [4.78, 5) is 26.9. The van der Waals surface area contributed by atoms with Crippen molar-refractivity contribution in [2.75, 3.05) is 0 Å². The predicted molar refractivity (Wildman–Crippen MR) is 145 cm³/mol. The van der Waals surface area contributed by atoms with Gasteiger partial charge in [0.05, 0.1) is 18.1 Å². The summed E-state index contributed by atoms with van der Waals surface area (Å²) in [5.74, 6) is -0.602. The Morgan fingerprint density at radius 1 is 0.971 bits per heavy atom. The van der Waals surface area contributed by atoms with Crippen LogP contribution in [-0.2, 0) is 14.0 Å². The van der Waals surface area contributed by atoms with Crippen LogP contribution in [0.2, 0.25) is 36.3 Å². The first-order valence-electron chi connectivity index (χ1n) is 13.4. The van der Waals surface area contributed by atoms with Gasteiger partial charge < -0.3 is 18.9 Å². The quantitative estimate of drug-likeness (QED) is 0.238. The first-order valence-corrected chi connectivity index (χ1v) is 18.5. The number of β-lactam (4-membered cyclic amide) rings is 1. The average molecular weight is 518 g/mol. The maximum Gasteiger partial charge on any atom is 0.352 e. The highest BCUT2D eigenvalue weighted by molar-refractivity contribution is 6.74. The van der Waals surface area contributed by atoms with Gasteiger partial charge in [0.1, 0.15) is 11.4 Å². The number of nitrogens with zero attached hydrogens (tertiary/aromatic N) is 1. The van der Waals surface area contributed by atoms with Gasteiger partial charge in [-0.15, -0.1) is 0 Å². The standard InChI is InChI=1S/C27H43NO5Si2/c1-8-34(9-2,10-3)32-19(7)24-23-18-22(25(27(30)31)28(23)26(24)29)20-14-16-21(17-15-20)33-35(11-4,12-5)13-6/h14-17,19,23-24H,8-13,18H2,1-7H3,(H,30,31)/t19-,23-,24-/m1/s1. The molecule has 0 spiro atoms. The highest BCUT2D eigenvalue weighted by Gasteiger charge is 2.57. The van der Waals surface area contributed by atoms with E-state index in [2.05, 4.69) is 41.5 Å². The molecule has 1 saturated heterocycles. The minimum atomic E-state index is -1.87. The summed E-state index contributed by atoms with van der Waals surface area (Å²) < 4.78 is 13.1. The monoisotopic (exact) mass is 517 g/mol. The average Bonchev–Trinajstić information content (AvgIpc) is 3.22. The van der Waals surface area contributed by atoms with Gasteiger partial charge in [0.15, 0.2) is 8.32 Å². The normalized spacial score (nSPS) is 21.1. The number of carboxylic acids is 1. The Balaban J connectivity index is 1.83. The number of rotatable bonds is 13. The van der Waals surface area contributed by atoms with Gasteiger partial charge >= 0.3 is 5.97 Å². The lowest BCUT2D eigenvalue weighted by atomic mass is 9.82. The van der Waals surface area contributed by atoms with Crippen molar-refractivity contribution in [1.29, 1.82) is 0 Å². The van der Waals surface area contributed by atoms with E-state index in [0.717, 1.165) is 53.2 Å². The van der Waals surface area contributed by atoms with Crippen molar-refractivity contribution in [2.24, 2.45) is 5.92 Å². The van der Waals surface area contributed by atoms with Crippen LogP contribution in [0.4, 0.5) is 0 Å². The van der Waals surface area contributed by atoms with Gasteiger partial charge in [0.25, 0.3) is 0 Å². The van der Waals surface area contributed by atoms with Gasteiger partial charge in [-0.3, -0.25) is 4.79 Å². The van der Waals surface area contributed by atoms with Crippen molar-refractivity contribution in [2.45, 2.75) is 103 Å². The summed E-state index contributed by atoms with van der Waals surface area (Å²) >= 11 is 0. The summed E-state index contributed by atoms with van der Waals surface area (Å²) in [6, 6.07) is 13.9. The minimum Gasteiger partial charge on any atom is -0.544 e. The molecule has 3 rings (SSSR count). The molecule has 35 heavy (non-hydrogen) atoms. The number of hydrogen-bond acceptors (Lipinski definition) is 4. The second kappa shape index (κ2) is 11.0. The molecule has 0 aromatic heterocycles. The van der Waals surface area contributed by atoms with E-state index >= 15 is 0 Å². The van der Waals surface area contributed by atoms with Crippen LogP contribution in [0.3, 0.4) is 0 Å². The zero-order valence-corrected chi connectivity index (χ0v) is 24.5. The number of hydrogen-bond donors (Lipinski definition) is 1. The van der Waals surface area contributed by atoms with Crippen LogP contribution in [0.25, 0.3) is 5.57 Å². The first-order chi connectivity index (χ1) is 16.6. The summed E-state index contributed by atoms with van der Waals surface area (Å²) in [6.07, 6.45) is 0.346. The molecular formula is C27H43NO5Si2. The van der Waals surface area contributed by atoms with E-state index in [1.165, 1.54) is 4.90 Å². The highest BCUT2D eigenvalue weighted by atomic mass is 28.4. The molecule has 2 aliphatic rings. The molecule has 0 bridgehead atoms. The maximum atomic E-state index is 13.2. The Morgan fingerprint density at radius 2 is 1.49 bits per heavy atom. The number of aliphatic carboxylic acids is 1. The Kier molecular flexibility index (Phi) is 8.70. The van der Waals surface area contributed by atoms with Gasteiger partial charge in [0, 0.05) is 0 Å². The fraction of sp³-hybridized carbons (Fsp3) is 0.630.